The van der Waals surface area contributed by atoms with Crippen molar-refractivity contribution in [3.8, 4) is 24.2 Å². The van der Waals surface area contributed by atoms with Crippen molar-refractivity contribution in [3.63, 3.8) is 0 Å². The topological polar surface area (TPSA) is 45.6 Å². The normalized spacial score (nSPS) is 21.4. The van der Waals surface area contributed by atoms with Gasteiger partial charge in [-0.1, -0.05) is 30.2 Å². The summed E-state index contributed by atoms with van der Waals surface area (Å²) in [6, 6.07) is 2.05. The number of Topliss-reactive ketones (excluding diaryl/α,β-unsaturated/α-hetero) is 1. The fourth-order valence-electron chi connectivity index (χ4n) is 4.75. The van der Waals surface area contributed by atoms with Crippen molar-refractivity contribution in [2.45, 2.75) is 39.0 Å². The number of terminal acetylenes is 1. The summed E-state index contributed by atoms with van der Waals surface area (Å²) in [6.07, 6.45) is 18.0. The molecule has 4 nitrogen and oxygen atoms in total. The van der Waals surface area contributed by atoms with Gasteiger partial charge in [0.25, 0.3) is 0 Å². The first kappa shape index (κ1) is 25.1. The molecule has 4 rings (SSSR count). The quantitative estimate of drug-likeness (QED) is 0.323. The van der Waals surface area contributed by atoms with E-state index >= 15 is 0 Å². The summed E-state index contributed by atoms with van der Waals surface area (Å²) >= 11 is 0. The molecule has 184 valence electrons. The average Bonchev–Trinajstić information content (AvgIpc) is 3.24. The summed E-state index contributed by atoms with van der Waals surface area (Å²) < 4.78 is 14.6. The van der Waals surface area contributed by atoms with E-state index < -0.39 is 5.83 Å². The predicted octanol–water partition coefficient (Wildman–Crippen LogP) is 5.53. The first-order valence-corrected chi connectivity index (χ1v) is 12.2. The highest BCUT2D eigenvalue weighted by molar-refractivity contribution is 6.15. The first-order valence-electron chi connectivity index (χ1n) is 12.2. The van der Waals surface area contributed by atoms with E-state index in [-0.39, 0.29) is 18.8 Å². The van der Waals surface area contributed by atoms with Crippen LogP contribution in [0.3, 0.4) is 0 Å². The number of aliphatic imine (C=N–C) groups is 1. The molecule has 1 aliphatic heterocycles. The third-order valence-corrected chi connectivity index (χ3v) is 6.63. The van der Waals surface area contributed by atoms with Gasteiger partial charge < -0.3 is 4.90 Å². The average molecular weight is 482 g/mol. The molecule has 1 aromatic heterocycles. The van der Waals surface area contributed by atoms with Crippen LogP contribution in [0.1, 0.15) is 38.9 Å². The van der Waals surface area contributed by atoms with Gasteiger partial charge in [0.15, 0.2) is 0 Å². The lowest BCUT2D eigenvalue weighted by molar-refractivity contribution is -0.110. The SMILES string of the molecule is C#C[C@@H]1CCN(c2ccnc3c2CCC=C(C(=O)C#CC2=C/C(=C/CC(=C)C)C(=NC)C(F)=C2)C3)C1.[HH]. The number of ketones is 1. The number of carbonyl (C=O) groups is 1. The zero-order chi connectivity index (χ0) is 25.7. The molecule has 0 radical (unpaired) electrons. The fourth-order valence-corrected chi connectivity index (χ4v) is 4.75. The monoisotopic (exact) mass is 481 g/mol. The number of halogens is 1. The van der Waals surface area contributed by atoms with Crippen LogP contribution in [0.4, 0.5) is 10.1 Å². The van der Waals surface area contributed by atoms with Gasteiger partial charge in [0, 0.05) is 62.5 Å². The maximum atomic E-state index is 14.6. The van der Waals surface area contributed by atoms with Crippen LogP contribution in [-0.4, -0.2) is 36.6 Å². The van der Waals surface area contributed by atoms with E-state index in [0.29, 0.717) is 29.6 Å². The molecule has 2 aliphatic carbocycles. The highest BCUT2D eigenvalue weighted by Crippen LogP contribution is 2.32. The molecule has 2 heterocycles. The van der Waals surface area contributed by atoms with Crippen LogP contribution in [0.2, 0.25) is 0 Å². The van der Waals surface area contributed by atoms with Gasteiger partial charge in [0.2, 0.25) is 5.78 Å². The minimum Gasteiger partial charge on any atom is -0.370 e. The van der Waals surface area contributed by atoms with Crippen molar-refractivity contribution in [3.05, 3.63) is 82.5 Å². The fraction of sp³-hybridized carbons (Fsp3) is 0.323. The molecule has 0 bridgehead atoms. The Bertz CT molecular complexity index is 1360. The summed E-state index contributed by atoms with van der Waals surface area (Å²) in [6.45, 7) is 7.58. The highest BCUT2D eigenvalue weighted by atomic mass is 19.1. The maximum absolute atomic E-state index is 14.6. The van der Waals surface area contributed by atoms with Gasteiger partial charge in [0.1, 0.15) is 5.83 Å². The van der Waals surface area contributed by atoms with E-state index in [4.69, 9.17) is 6.42 Å². The Morgan fingerprint density at radius 3 is 3.00 bits per heavy atom. The molecule has 0 unspecified atom stereocenters. The number of pyridine rings is 1. The summed E-state index contributed by atoms with van der Waals surface area (Å²) in [5.74, 6) is 8.00. The van der Waals surface area contributed by atoms with E-state index in [2.05, 4.69) is 39.2 Å². The van der Waals surface area contributed by atoms with Gasteiger partial charge in [-0.3, -0.25) is 14.8 Å². The third-order valence-electron chi connectivity index (χ3n) is 6.63. The Morgan fingerprint density at radius 1 is 1.44 bits per heavy atom. The van der Waals surface area contributed by atoms with Crippen LogP contribution >= 0.6 is 0 Å². The van der Waals surface area contributed by atoms with Gasteiger partial charge in [-0.05, 0) is 62.3 Å². The molecular formula is C31H32FN3O. The summed E-state index contributed by atoms with van der Waals surface area (Å²) in [5.41, 5.74) is 6.21. The first-order chi connectivity index (χ1) is 17.4. The number of anilines is 1. The molecule has 1 saturated heterocycles. The van der Waals surface area contributed by atoms with Crippen LogP contribution < -0.4 is 4.90 Å². The van der Waals surface area contributed by atoms with Crippen LogP contribution in [0.5, 0.6) is 0 Å². The molecule has 0 saturated carbocycles. The largest absolute Gasteiger partial charge is 0.370 e. The lowest BCUT2D eigenvalue weighted by Gasteiger charge is -2.22. The predicted molar refractivity (Wildman–Crippen MR) is 147 cm³/mol. The van der Waals surface area contributed by atoms with E-state index in [1.54, 1.807) is 13.1 Å². The smallest absolute Gasteiger partial charge is 0.232 e. The van der Waals surface area contributed by atoms with E-state index in [9.17, 15) is 9.18 Å². The molecule has 0 aromatic carbocycles. The second-order valence-electron chi connectivity index (χ2n) is 9.36. The Morgan fingerprint density at radius 2 is 2.28 bits per heavy atom. The maximum Gasteiger partial charge on any atom is 0.232 e. The van der Waals surface area contributed by atoms with Crippen molar-refractivity contribution < 1.29 is 10.6 Å². The number of hydrogen-bond acceptors (Lipinski definition) is 4. The zero-order valence-electron chi connectivity index (χ0n) is 20.9. The standard InChI is InChI=1S/C31H30FN3O.H2/c1-5-22-14-16-35(20-22)29-13-15-34-28-19-24(7-6-8-26(28)29)30(36)12-10-23-17-25(11-9-21(2)3)31(33-4)27(32)18-23;/h1,7,11,13,15,17-18,22H,2,6,8-9,14,16,19-20H2,3-4H3;1H/b25-11-,33-31?;/t22-;/m1./s1. The van der Waals surface area contributed by atoms with Gasteiger partial charge in [0.05, 0.1) is 11.4 Å². The van der Waals surface area contributed by atoms with Gasteiger partial charge in [-0.15, -0.1) is 12.3 Å². The van der Waals surface area contributed by atoms with Crippen molar-refractivity contribution in [2.75, 3.05) is 25.0 Å². The van der Waals surface area contributed by atoms with Crippen molar-refractivity contribution in [1.29, 1.82) is 0 Å². The van der Waals surface area contributed by atoms with Crippen LogP contribution in [0.25, 0.3) is 0 Å². The van der Waals surface area contributed by atoms with Gasteiger partial charge in [-0.2, -0.15) is 0 Å². The lowest BCUT2D eigenvalue weighted by Crippen LogP contribution is -2.21. The molecule has 1 fully saturated rings. The second kappa shape index (κ2) is 11.2. The van der Waals surface area contributed by atoms with Crippen LogP contribution in [0.15, 0.2) is 76.3 Å². The molecule has 0 spiro atoms. The number of rotatable bonds is 4. The number of aromatic nitrogens is 1. The number of fused-ring (bicyclic) bond motifs is 1. The number of allylic oxidation sites excluding steroid dienone is 9. The molecule has 0 N–H and O–H groups in total. The second-order valence-corrected chi connectivity index (χ2v) is 9.36. The number of carbonyl (C=O) groups excluding carboxylic acids is 1. The van der Waals surface area contributed by atoms with Crippen LogP contribution in [0, 0.1) is 30.1 Å². The number of nitrogens with zero attached hydrogens (tertiary/aromatic N) is 3. The lowest BCUT2D eigenvalue weighted by atomic mass is 9.97. The molecule has 36 heavy (non-hydrogen) atoms. The van der Waals surface area contributed by atoms with Gasteiger partial charge >= 0.3 is 0 Å². The van der Waals surface area contributed by atoms with Crippen molar-refractivity contribution in [2.24, 2.45) is 10.9 Å². The molecule has 5 heteroatoms. The summed E-state index contributed by atoms with van der Waals surface area (Å²) in [4.78, 5) is 24.0. The molecule has 0 amide bonds. The minimum absolute atomic E-state index is 0. The minimum atomic E-state index is -0.460. The summed E-state index contributed by atoms with van der Waals surface area (Å²) in [7, 11) is 1.55. The Labute approximate surface area is 214 Å². The zero-order valence-corrected chi connectivity index (χ0v) is 20.9. The Hall–Kier alpha value is -3.96. The number of hydrogen-bond donors (Lipinski definition) is 0. The summed E-state index contributed by atoms with van der Waals surface area (Å²) in [5, 5.41) is 0. The van der Waals surface area contributed by atoms with Crippen molar-refractivity contribution in [1.82, 2.24) is 4.98 Å². The molecule has 3 aliphatic rings. The molecule has 1 atom stereocenters. The van der Waals surface area contributed by atoms with Crippen LogP contribution in [-0.2, 0) is 17.6 Å². The third kappa shape index (κ3) is 5.64. The Balaban J connectivity index is 0.00000380. The Kier molecular flexibility index (Phi) is 7.81. The van der Waals surface area contributed by atoms with Crippen molar-refractivity contribution >= 4 is 17.2 Å². The molecular weight excluding hydrogens is 449 g/mol. The van der Waals surface area contributed by atoms with Gasteiger partial charge in [-0.25, -0.2) is 4.39 Å². The van der Waals surface area contributed by atoms with E-state index in [0.717, 1.165) is 43.6 Å². The highest BCUT2D eigenvalue weighted by Gasteiger charge is 2.25. The molecule has 1 aromatic rings. The van der Waals surface area contributed by atoms with E-state index in [1.165, 1.54) is 17.3 Å². The van der Waals surface area contributed by atoms with E-state index in [1.807, 2.05) is 31.3 Å².